The molecule has 0 radical (unpaired) electrons. The molecule has 0 unspecified atom stereocenters. The lowest BCUT2D eigenvalue weighted by Gasteiger charge is -2.12. The van der Waals surface area contributed by atoms with Crippen molar-refractivity contribution in [1.29, 1.82) is 0 Å². The van der Waals surface area contributed by atoms with Gasteiger partial charge in [0.15, 0.2) is 5.76 Å². The second kappa shape index (κ2) is 9.86. The van der Waals surface area contributed by atoms with Gasteiger partial charge in [0, 0.05) is 16.3 Å². The molecule has 0 bridgehead atoms. The van der Waals surface area contributed by atoms with Gasteiger partial charge in [-0.25, -0.2) is 4.98 Å². The number of aryl methyl sites for hydroxylation is 1. The Morgan fingerprint density at radius 2 is 1.69 bits per heavy atom. The first-order valence-electron chi connectivity index (χ1n) is 10.8. The number of thioether (sulfide) groups is 1. The van der Waals surface area contributed by atoms with Gasteiger partial charge < -0.3 is 8.94 Å². The first-order valence-corrected chi connectivity index (χ1v) is 11.8. The predicted octanol–water partition coefficient (Wildman–Crippen LogP) is 5.16. The number of nitrogens with one attached hydrogen (secondary N) is 2. The zero-order chi connectivity index (χ0) is 24.2. The molecule has 8 nitrogen and oxygen atoms in total. The predicted molar refractivity (Wildman–Crippen MR) is 132 cm³/mol. The quantitative estimate of drug-likeness (QED) is 0.253. The van der Waals surface area contributed by atoms with Crippen molar-refractivity contribution in [2.75, 3.05) is 0 Å². The maximum absolute atomic E-state index is 13.1. The van der Waals surface area contributed by atoms with Gasteiger partial charge in [-0.15, -0.1) is 11.8 Å². The zero-order valence-corrected chi connectivity index (χ0v) is 19.5. The van der Waals surface area contributed by atoms with Crippen molar-refractivity contribution in [2.45, 2.75) is 17.6 Å². The number of amides is 2. The minimum Gasteiger partial charge on any atom is -0.463 e. The topological polar surface area (TPSA) is 110 Å². The summed E-state index contributed by atoms with van der Waals surface area (Å²) in [7, 11) is 0. The molecule has 2 N–H and O–H groups in total. The smallest absolute Gasteiger partial charge is 0.270 e. The fourth-order valence-corrected chi connectivity index (χ4v) is 4.50. The third-order valence-electron chi connectivity index (χ3n) is 5.20. The van der Waals surface area contributed by atoms with Gasteiger partial charge in [0.2, 0.25) is 0 Å². The Balaban J connectivity index is 1.33. The van der Waals surface area contributed by atoms with E-state index >= 15 is 0 Å². The first kappa shape index (κ1) is 22.4. The number of nitrogens with zero attached hydrogens (tertiary/aromatic N) is 2. The molecule has 0 saturated heterocycles. The Morgan fingerprint density at radius 3 is 2.46 bits per heavy atom. The maximum atomic E-state index is 13.1. The minimum atomic E-state index is -0.466. The SMILES string of the molecule is Cc1cc(CSc2ccccc2C(=O)NNC(=O)c2cc(-c3ccco3)nc3ccccc23)on1. The van der Waals surface area contributed by atoms with E-state index in [9.17, 15) is 9.59 Å². The average Bonchev–Trinajstić information content (AvgIpc) is 3.57. The molecule has 5 rings (SSSR count). The van der Waals surface area contributed by atoms with Crippen molar-refractivity contribution in [3.63, 3.8) is 0 Å². The van der Waals surface area contributed by atoms with Crippen LogP contribution in [0.15, 0.2) is 92.9 Å². The Morgan fingerprint density at radius 1 is 0.914 bits per heavy atom. The number of hydrazine groups is 1. The zero-order valence-electron chi connectivity index (χ0n) is 18.6. The van der Waals surface area contributed by atoms with Crippen LogP contribution in [0.1, 0.15) is 32.2 Å². The van der Waals surface area contributed by atoms with Crippen LogP contribution in [0.2, 0.25) is 0 Å². The molecule has 0 aliphatic rings. The van der Waals surface area contributed by atoms with Crippen LogP contribution in [0.3, 0.4) is 0 Å². The van der Waals surface area contributed by atoms with Crippen molar-refractivity contribution in [3.05, 3.63) is 102 Å². The van der Waals surface area contributed by atoms with Gasteiger partial charge in [-0.3, -0.25) is 20.4 Å². The largest absolute Gasteiger partial charge is 0.463 e. The highest BCUT2D eigenvalue weighted by atomic mass is 32.2. The van der Waals surface area contributed by atoms with E-state index in [2.05, 4.69) is 21.0 Å². The van der Waals surface area contributed by atoms with Crippen LogP contribution < -0.4 is 10.9 Å². The number of hydrogen-bond acceptors (Lipinski definition) is 7. The summed E-state index contributed by atoms with van der Waals surface area (Å²) >= 11 is 1.45. The molecule has 174 valence electrons. The molecule has 9 heteroatoms. The van der Waals surface area contributed by atoms with E-state index in [-0.39, 0.29) is 0 Å². The molecule has 0 atom stereocenters. The van der Waals surface area contributed by atoms with E-state index in [1.807, 2.05) is 49.4 Å². The van der Waals surface area contributed by atoms with Gasteiger partial charge >= 0.3 is 0 Å². The molecule has 3 heterocycles. The van der Waals surface area contributed by atoms with Crippen LogP contribution in [0.4, 0.5) is 0 Å². The highest BCUT2D eigenvalue weighted by Crippen LogP contribution is 2.27. The average molecular weight is 485 g/mol. The van der Waals surface area contributed by atoms with Crippen molar-refractivity contribution < 1.29 is 18.5 Å². The Bertz CT molecular complexity index is 1510. The summed E-state index contributed by atoms with van der Waals surface area (Å²) in [5.74, 6) is 0.886. The highest BCUT2D eigenvalue weighted by molar-refractivity contribution is 7.98. The summed E-state index contributed by atoms with van der Waals surface area (Å²) in [6, 6.07) is 21.5. The van der Waals surface area contributed by atoms with E-state index in [1.54, 1.807) is 36.6 Å². The number of benzene rings is 2. The monoisotopic (exact) mass is 484 g/mol. The highest BCUT2D eigenvalue weighted by Gasteiger charge is 2.17. The second-order valence-electron chi connectivity index (χ2n) is 7.68. The number of furan rings is 1. The number of carbonyl (C=O) groups excluding carboxylic acids is 2. The molecule has 2 aromatic carbocycles. The lowest BCUT2D eigenvalue weighted by Crippen LogP contribution is -2.41. The number of rotatable bonds is 6. The number of fused-ring (bicyclic) bond motifs is 1. The number of pyridine rings is 1. The van der Waals surface area contributed by atoms with Gasteiger partial charge in [0.1, 0.15) is 11.5 Å². The van der Waals surface area contributed by atoms with E-state index < -0.39 is 11.8 Å². The van der Waals surface area contributed by atoms with Crippen LogP contribution in [0.25, 0.3) is 22.4 Å². The van der Waals surface area contributed by atoms with Crippen molar-refractivity contribution in [2.24, 2.45) is 0 Å². The van der Waals surface area contributed by atoms with Crippen molar-refractivity contribution >= 4 is 34.5 Å². The molecule has 35 heavy (non-hydrogen) atoms. The lowest BCUT2D eigenvalue weighted by atomic mass is 10.1. The Hall–Kier alpha value is -4.37. The Kier molecular flexibility index (Phi) is 6.32. The summed E-state index contributed by atoms with van der Waals surface area (Å²) < 4.78 is 10.7. The molecule has 3 aromatic heterocycles. The lowest BCUT2D eigenvalue weighted by molar-refractivity contribution is 0.0846. The van der Waals surface area contributed by atoms with E-state index in [4.69, 9.17) is 8.94 Å². The molecular weight excluding hydrogens is 464 g/mol. The summed E-state index contributed by atoms with van der Waals surface area (Å²) in [4.78, 5) is 31.4. The van der Waals surface area contributed by atoms with Crippen LogP contribution in [0, 0.1) is 6.92 Å². The maximum Gasteiger partial charge on any atom is 0.270 e. The van der Waals surface area contributed by atoms with Gasteiger partial charge in [-0.05, 0) is 43.3 Å². The third-order valence-corrected chi connectivity index (χ3v) is 6.30. The first-order chi connectivity index (χ1) is 17.1. The van der Waals surface area contributed by atoms with Gasteiger partial charge in [0.25, 0.3) is 11.8 Å². The van der Waals surface area contributed by atoms with Crippen molar-refractivity contribution in [3.8, 4) is 11.5 Å². The molecule has 0 spiro atoms. The standard InChI is InChI=1S/C26H20N4O4S/c1-16-13-17(34-30-16)15-35-24-11-5-3-8-19(24)25(31)28-29-26(32)20-14-22(23-10-6-12-33-23)27-21-9-4-2-7-18(20)21/h2-14H,15H2,1H3,(H,28,31)(H,29,32). The van der Waals surface area contributed by atoms with E-state index in [1.165, 1.54) is 11.8 Å². The number of hydrogen-bond donors (Lipinski definition) is 2. The van der Waals surface area contributed by atoms with Crippen LogP contribution in [-0.4, -0.2) is 22.0 Å². The summed E-state index contributed by atoms with van der Waals surface area (Å²) in [5, 5.41) is 4.54. The number of carbonyl (C=O) groups is 2. The number of aromatic nitrogens is 2. The van der Waals surface area contributed by atoms with E-state index in [0.717, 1.165) is 10.6 Å². The van der Waals surface area contributed by atoms with Crippen molar-refractivity contribution in [1.82, 2.24) is 21.0 Å². The Labute approximate surface area is 204 Å². The molecule has 0 saturated carbocycles. The number of para-hydroxylation sites is 1. The van der Waals surface area contributed by atoms with Gasteiger partial charge in [-0.1, -0.05) is 35.5 Å². The molecule has 2 amide bonds. The molecular formula is C26H20N4O4S. The molecule has 5 aromatic rings. The molecule has 0 aliphatic heterocycles. The second-order valence-corrected chi connectivity index (χ2v) is 8.69. The minimum absolute atomic E-state index is 0.366. The van der Waals surface area contributed by atoms with Crippen LogP contribution >= 0.6 is 11.8 Å². The van der Waals surface area contributed by atoms with E-state index in [0.29, 0.717) is 45.0 Å². The fraction of sp³-hybridized carbons (Fsp3) is 0.0769. The van der Waals surface area contributed by atoms with Crippen LogP contribution in [0.5, 0.6) is 0 Å². The van der Waals surface area contributed by atoms with Gasteiger partial charge in [0.05, 0.1) is 34.4 Å². The third kappa shape index (κ3) is 4.95. The summed E-state index contributed by atoms with van der Waals surface area (Å²) in [5.41, 5.74) is 7.82. The molecule has 0 fully saturated rings. The summed E-state index contributed by atoms with van der Waals surface area (Å²) in [6.07, 6.45) is 1.55. The molecule has 0 aliphatic carbocycles. The fourth-order valence-electron chi connectivity index (χ4n) is 3.58. The summed E-state index contributed by atoms with van der Waals surface area (Å²) in [6.45, 7) is 1.85. The van der Waals surface area contributed by atoms with Gasteiger partial charge in [-0.2, -0.15) is 0 Å². The normalized spacial score (nSPS) is 10.9. The van der Waals surface area contributed by atoms with Crippen LogP contribution in [-0.2, 0) is 5.75 Å².